The Labute approximate surface area is 134 Å². The molecule has 0 aromatic heterocycles. The Morgan fingerprint density at radius 1 is 1.25 bits per heavy atom. The van der Waals surface area contributed by atoms with E-state index in [1.54, 1.807) is 25.3 Å². The van der Waals surface area contributed by atoms with Crippen molar-refractivity contribution in [2.45, 2.75) is 5.33 Å². The van der Waals surface area contributed by atoms with Gasteiger partial charge < -0.3 is 10.1 Å². The Morgan fingerprint density at radius 2 is 2.00 bits per heavy atom. The maximum absolute atomic E-state index is 12.4. The average Bonchev–Trinajstić information content (AvgIpc) is 2.48. The Bertz CT molecular complexity index is 629. The number of ether oxygens (including phenoxy) is 1. The Balaban J connectivity index is 2.28. The fraction of sp³-hybridized carbons (Fsp3) is 0.133. The van der Waals surface area contributed by atoms with Crippen molar-refractivity contribution in [3.8, 4) is 5.75 Å². The van der Waals surface area contributed by atoms with Crippen LogP contribution in [0.25, 0.3) is 0 Å². The molecule has 0 saturated heterocycles. The van der Waals surface area contributed by atoms with E-state index < -0.39 is 0 Å². The lowest BCUT2D eigenvalue weighted by atomic mass is 10.1. The predicted octanol–water partition coefficient (Wildman–Crippen LogP) is 4.60. The molecule has 0 saturated carbocycles. The number of benzene rings is 2. The smallest absolute Gasteiger partial charge is 0.256 e. The first-order chi connectivity index (χ1) is 9.65. The number of carbonyl (C=O) groups is 1. The van der Waals surface area contributed by atoms with Crippen molar-refractivity contribution >= 4 is 43.5 Å². The molecule has 20 heavy (non-hydrogen) atoms. The number of hydrogen-bond donors (Lipinski definition) is 1. The summed E-state index contributed by atoms with van der Waals surface area (Å²) in [6.07, 6.45) is 0. The van der Waals surface area contributed by atoms with E-state index >= 15 is 0 Å². The largest absolute Gasteiger partial charge is 0.497 e. The Hall–Kier alpha value is -1.33. The van der Waals surface area contributed by atoms with Crippen molar-refractivity contribution in [2.75, 3.05) is 12.4 Å². The van der Waals surface area contributed by atoms with Crippen LogP contribution >= 0.6 is 31.9 Å². The van der Waals surface area contributed by atoms with Gasteiger partial charge in [-0.3, -0.25) is 4.79 Å². The van der Waals surface area contributed by atoms with Crippen molar-refractivity contribution in [1.82, 2.24) is 0 Å². The highest BCUT2D eigenvalue weighted by Gasteiger charge is 2.13. The molecular formula is C15H13Br2NO2. The molecule has 0 aliphatic carbocycles. The SMILES string of the molecule is COc1ccc(Br)c(C(=O)Nc2ccccc2CBr)c1. The van der Waals surface area contributed by atoms with Gasteiger partial charge in [0.15, 0.2) is 0 Å². The Morgan fingerprint density at radius 3 is 2.70 bits per heavy atom. The highest BCUT2D eigenvalue weighted by atomic mass is 79.9. The lowest BCUT2D eigenvalue weighted by Gasteiger charge is -2.11. The molecule has 2 aromatic rings. The van der Waals surface area contributed by atoms with E-state index in [2.05, 4.69) is 37.2 Å². The van der Waals surface area contributed by atoms with Crippen LogP contribution < -0.4 is 10.1 Å². The van der Waals surface area contributed by atoms with Gasteiger partial charge in [0.05, 0.1) is 12.7 Å². The van der Waals surface area contributed by atoms with Gasteiger partial charge in [-0.15, -0.1) is 0 Å². The van der Waals surface area contributed by atoms with Crippen LogP contribution in [-0.4, -0.2) is 13.0 Å². The summed E-state index contributed by atoms with van der Waals surface area (Å²) >= 11 is 6.79. The van der Waals surface area contributed by atoms with Crippen molar-refractivity contribution in [2.24, 2.45) is 0 Å². The highest BCUT2D eigenvalue weighted by molar-refractivity contribution is 9.10. The van der Waals surface area contributed by atoms with Crippen LogP contribution in [0.1, 0.15) is 15.9 Å². The van der Waals surface area contributed by atoms with Gasteiger partial charge in [0.25, 0.3) is 5.91 Å². The van der Waals surface area contributed by atoms with Crippen LogP contribution in [0.15, 0.2) is 46.9 Å². The van der Waals surface area contributed by atoms with Crippen LogP contribution in [0.4, 0.5) is 5.69 Å². The minimum atomic E-state index is -0.177. The summed E-state index contributed by atoms with van der Waals surface area (Å²) in [4.78, 5) is 12.4. The molecule has 2 aromatic carbocycles. The van der Waals surface area contributed by atoms with Gasteiger partial charge in [0, 0.05) is 15.5 Å². The summed E-state index contributed by atoms with van der Waals surface area (Å²) in [6.45, 7) is 0. The van der Waals surface area contributed by atoms with Crippen molar-refractivity contribution in [3.63, 3.8) is 0 Å². The van der Waals surface area contributed by atoms with Gasteiger partial charge >= 0.3 is 0 Å². The number of para-hydroxylation sites is 1. The molecule has 1 amide bonds. The van der Waals surface area contributed by atoms with E-state index in [-0.39, 0.29) is 5.91 Å². The molecule has 0 unspecified atom stereocenters. The Kier molecular flexibility index (Phi) is 5.20. The number of carbonyl (C=O) groups excluding carboxylic acids is 1. The molecule has 0 atom stereocenters. The lowest BCUT2D eigenvalue weighted by Crippen LogP contribution is -2.13. The van der Waals surface area contributed by atoms with Gasteiger partial charge in [-0.25, -0.2) is 0 Å². The average molecular weight is 399 g/mol. The van der Waals surface area contributed by atoms with Gasteiger partial charge in [0.2, 0.25) is 0 Å². The molecule has 0 aliphatic heterocycles. The molecule has 0 radical (unpaired) electrons. The zero-order chi connectivity index (χ0) is 14.5. The summed E-state index contributed by atoms with van der Waals surface area (Å²) in [5.41, 5.74) is 2.36. The minimum Gasteiger partial charge on any atom is -0.497 e. The van der Waals surface area contributed by atoms with Gasteiger partial charge in [0.1, 0.15) is 5.75 Å². The summed E-state index contributed by atoms with van der Waals surface area (Å²) < 4.78 is 5.88. The van der Waals surface area contributed by atoms with E-state index in [9.17, 15) is 4.79 Å². The first-order valence-electron chi connectivity index (χ1n) is 5.94. The normalized spacial score (nSPS) is 10.2. The molecule has 5 heteroatoms. The molecule has 0 fully saturated rings. The summed E-state index contributed by atoms with van der Waals surface area (Å²) in [6, 6.07) is 13.0. The molecule has 3 nitrogen and oxygen atoms in total. The van der Waals surface area contributed by atoms with Gasteiger partial charge in [-0.2, -0.15) is 0 Å². The third-order valence-electron chi connectivity index (χ3n) is 2.83. The second-order valence-corrected chi connectivity index (χ2v) is 5.51. The second kappa shape index (κ2) is 6.90. The number of halogens is 2. The summed E-state index contributed by atoms with van der Waals surface area (Å²) in [5, 5.41) is 3.60. The maximum atomic E-state index is 12.4. The fourth-order valence-corrected chi connectivity index (χ4v) is 2.67. The number of amides is 1. The topological polar surface area (TPSA) is 38.3 Å². The van der Waals surface area contributed by atoms with Crippen LogP contribution in [0.5, 0.6) is 5.75 Å². The molecular weight excluding hydrogens is 386 g/mol. The molecule has 1 N–H and O–H groups in total. The summed E-state index contributed by atoms with van der Waals surface area (Å²) in [7, 11) is 1.57. The van der Waals surface area contributed by atoms with E-state index in [0.717, 1.165) is 15.7 Å². The van der Waals surface area contributed by atoms with E-state index in [0.29, 0.717) is 16.6 Å². The number of alkyl halides is 1. The maximum Gasteiger partial charge on any atom is 0.256 e. The van der Waals surface area contributed by atoms with Crippen molar-refractivity contribution in [1.29, 1.82) is 0 Å². The van der Waals surface area contributed by atoms with Crippen LogP contribution in [0.2, 0.25) is 0 Å². The monoisotopic (exact) mass is 397 g/mol. The van der Waals surface area contributed by atoms with Crippen LogP contribution in [-0.2, 0) is 5.33 Å². The van der Waals surface area contributed by atoms with Crippen molar-refractivity contribution < 1.29 is 9.53 Å². The first kappa shape index (κ1) is 15.1. The van der Waals surface area contributed by atoms with E-state index in [1.165, 1.54) is 0 Å². The zero-order valence-corrected chi connectivity index (χ0v) is 14.0. The summed E-state index contributed by atoms with van der Waals surface area (Å²) in [5.74, 6) is 0.469. The van der Waals surface area contributed by atoms with Gasteiger partial charge in [-0.1, -0.05) is 34.1 Å². The first-order valence-corrected chi connectivity index (χ1v) is 7.86. The molecule has 2 rings (SSSR count). The number of anilines is 1. The molecule has 0 spiro atoms. The van der Waals surface area contributed by atoms with Crippen molar-refractivity contribution in [3.05, 3.63) is 58.1 Å². The second-order valence-electron chi connectivity index (χ2n) is 4.09. The predicted molar refractivity (Wildman–Crippen MR) is 87.7 cm³/mol. The molecule has 0 heterocycles. The number of methoxy groups -OCH3 is 1. The zero-order valence-electron chi connectivity index (χ0n) is 10.8. The minimum absolute atomic E-state index is 0.177. The number of rotatable bonds is 4. The van der Waals surface area contributed by atoms with E-state index in [4.69, 9.17) is 4.74 Å². The molecule has 104 valence electrons. The van der Waals surface area contributed by atoms with E-state index in [1.807, 2.05) is 24.3 Å². The highest BCUT2D eigenvalue weighted by Crippen LogP contribution is 2.25. The third kappa shape index (κ3) is 3.41. The number of nitrogens with one attached hydrogen (secondary N) is 1. The molecule has 0 aliphatic rings. The standard InChI is InChI=1S/C15H13Br2NO2/c1-20-11-6-7-13(17)12(8-11)15(19)18-14-5-3-2-4-10(14)9-16/h2-8H,9H2,1H3,(H,18,19). The quantitative estimate of drug-likeness (QED) is 0.764. The third-order valence-corrected chi connectivity index (χ3v) is 4.12. The fourth-order valence-electron chi connectivity index (χ4n) is 1.75. The molecule has 0 bridgehead atoms. The van der Waals surface area contributed by atoms with Gasteiger partial charge in [-0.05, 0) is 45.8 Å². The number of hydrogen-bond acceptors (Lipinski definition) is 2. The van der Waals surface area contributed by atoms with Crippen LogP contribution in [0.3, 0.4) is 0 Å². The van der Waals surface area contributed by atoms with Crippen LogP contribution in [0, 0.1) is 0 Å². The lowest BCUT2D eigenvalue weighted by molar-refractivity contribution is 0.102.